The highest BCUT2D eigenvalue weighted by atomic mass is 16.3. The Morgan fingerprint density at radius 2 is 0.956 bits per heavy atom. The maximum Gasteiger partial charge on any atom is 0.136 e. The van der Waals surface area contributed by atoms with Crippen LogP contribution in [0.4, 0.5) is 0 Å². The van der Waals surface area contributed by atoms with Crippen LogP contribution in [-0.4, -0.2) is 4.98 Å². The van der Waals surface area contributed by atoms with E-state index in [2.05, 4.69) is 152 Å². The molecule has 2 aromatic heterocycles. The molecule has 45 heavy (non-hydrogen) atoms. The van der Waals surface area contributed by atoms with Crippen LogP contribution in [0.15, 0.2) is 168 Å². The molecule has 0 aliphatic heterocycles. The highest BCUT2D eigenvalue weighted by Gasteiger charge is 2.16. The minimum atomic E-state index is 0.878. The van der Waals surface area contributed by atoms with E-state index in [4.69, 9.17) is 9.40 Å². The standard InChI is InChI=1S/C43H27NO/c1-3-11-30(12-4-1)39-26-34(27-40(44-39)31-13-5-2-6-14-31)36-16-9-17-42-43(36)38-25-33(22-23-41(38)45-42)32-21-20-29-19-18-28-10-7-8-15-35(28)37(29)24-32/h1-27H. The molecular weight excluding hydrogens is 546 g/mol. The molecule has 0 aliphatic rings. The van der Waals surface area contributed by atoms with E-state index in [9.17, 15) is 0 Å². The fourth-order valence-electron chi connectivity index (χ4n) is 6.63. The van der Waals surface area contributed by atoms with Crippen molar-refractivity contribution in [2.75, 3.05) is 0 Å². The Morgan fingerprint density at radius 3 is 1.69 bits per heavy atom. The Bertz CT molecular complexity index is 2470. The van der Waals surface area contributed by atoms with Gasteiger partial charge in [-0.1, -0.05) is 127 Å². The number of hydrogen-bond acceptors (Lipinski definition) is 2. The van der Waals surface area contributed by atoms with Crippen LogP contribution in [-0.2, 0) is 0 Å². The lowest BCUT2D eigenvalue weighted by molar-refractivity contribution is 0.669. The maximum absolute atomic E-state index is 6.45. The monoisotopic (exact) mass is 573 g/mol. The Balaban J connectivity index is 1.26. The van der Waals surface area contributed by atoms with Gasteiger partial charge in [-0.05, 0) is 80.2 Å². The number of fused-ring (bicyclic) bond motifs is 6. The van der Waals surface area contributed by atoms with E-state index in [0.717, 1.165) is 55.6 Å². The molecule has 0 saturated carbocycles. The first-order valence-electron chi connectivity index (χ1n) is 15.3. The van der Waals surface area contributed by atoms with E-state index >= 15 is 0 Å². The van der Waals surface area contributed by atoms with Gasteiger partial charge in [0.05, 0.1) is 11.4 Å². The van der Waals surface area contributed by atoms with E-state index in [1.54, 1.807) is 0 Å². The van der Waals surface area contributed by atoms with E-state index in [0.29, 0.717) is 0 Å². The molecule has 0 saturated heterocycles. The summed E-state index contributed by atoms with van der Waals surface area (Å²) in [4.78, 5) is 5.11. The van der Waals surface area contributed by atoms with Crippen molar-refractivity contribution in [1.29, 1.82) is 0 Å². The number of nitrogens with zero attached hydrogens (tertiary/aromatic N) is 1. The van der Waals surface area contributed by atoms with Gasteiger partial charge in [0.2, 0.25) is 0 Å². The van der Waals surface area contributed by atoms with Crippen LogP contribution in [0.5, 0.6) is 0 Å². The molecule has 9 aromatic rings. The zero-order valence-electron chi connectivity index (χ0n) is 24.4. The Labute approximate surface area is 260 Å². The number of furan rings is 1. The lowest BCUT2D eigenvalue weighted by Gasteiger charge is -2.11. The van der Waals surface area contributed by atoms with Crippen molar-refractivity contribution in [1.82, 2.24) is 4.98 Å². The van der Waals surface area contributed by atoms with Gasteiger partial charge in [0, 0.05) is 21.9 Å². The molecule has 0 bridgehead atoms. The summed E-state index contributed by atoms with van der Waals surface area (Å²) in [6.07, 6.45) is 0. The summed E-state index contributed by atoms with van der Waals surface area (Å²) in [5, 5.41) is 7.26. The minimum absolute atomic E-state index is 0.878. The van der Waals surface area contributed by atoms with Crippen LogP contribution < -0.4 is 0 Å². The maximum atomic E-state index is 6.45. The summed E-state index contributed by atoms with van der Waals surface area (Å²) >= 11 is 0. The molecule has 0 radical (unpaired) electrons. The summed E-state index contributed by atoms with van der Waals surface area (Å²) in [6.45, 7) is 0. The van der Waals surface area contributed by atoms with Crippen molar-refractivity contribution < 1.29 is 4.42 Å². The molecule has 9 rings (SSSR count). The summed E-state index contributed by atoms with van der Waals surface area (Å²) in [5.41, 5.74) is 10.4. The van der Waals surface area contributed by atoms with Crippen molar-refractivity contribution in [3.63, 3.8) is 0 Å². The molecule has 0 spiro atoms. The third kappa shape index (κ3) is 4.39. The van der Waals surface area contributed by atoms with Gasteiger partial charge in [-0.15, -0.1) is 0 Å². The van der Waals surface area contributed by atoms with E-state index in [-0.39, 0.29) is 0 Å². The molecule has 0 unspecified atom stereocenters. The summed E-state index contributed by atoms with van der Waals surface area (Å²) in [7, 11) is 0. The van der Waals surface area contributed by atoms with E-state index in [1.807, 2.05) is 12.1 Å². The van der Waals surface area contributed by atoms with Crippen LogP contribution in [0.2, 0.25) is 0 Å². The third-order valence-electron chi connectivity index (χ3n) is 8.85. The number of aromatic nitrogens is 1. The highest BCUT2D eigenvalue weighted by molar-refractivity contribution is 6.14. The molecule has 0 fully saturated rings. The quantitative estimate of drug-likeness (QED) is 0.196. The second kappa shape index (κ2) is 10.3. The minimum Gasteiger partial charge on any atom is -0.456 e. The number of benzene rings is 7. The first-order chi connectivity index (χ1) is 22.3. The largest absolute Gasteiger partial charge is 0.456 e. The van der Waals surface area contributed by atoms with Gasteiger partial charge < -0.3 is 4.42 Å². The van der Waals surface area contributed by atoms with Gasteiger partial charge in [-0.2, -0.15) is 0 Å². The number of rotatable bonds is 4. The molecule has 0 aliphatic carbocycles. The summed E-state index contributed by atoms with van der Waals surface area (Å²) in [6, 6.07) is 57.9. The average molecular weight is 574 g/mol. The molecule has 7 aromatic carbocycles. The van der Waals surface area contributed by atoms with Crippen LogP contribution in [0.3, 0.4) is 0 Å². The van der Waals surface area contributed by atoms with Crippen LogP contribution in [0.1, 0.15) is 0 Å². The predicted molar refractivity (Wildman–Crippen MR) is 188 cm³/mol. The SMILES string of the molecule is c1ccc(-c2cc(-c3cccc4oc5ccc(-c6ccc7ccc8ccccc8c7c6)cc5c34)cc(-c3ccccc3)n2)cc1. The predicted octanol–water partition coefficient (Wildman–Crippen LogP) is 12.0. The van der Waals surface area contributed by atoms with Gasteiger partial charge in [0.15, 0.2) is 0 Å². The van der Waals surface area contributed by atoms with Crippen LogP contribution >= 0.6 is 0 Å². The lowest BCUT2D eigenvalue weighted by Crippen LogP contribution is -1.91. The smallest absolute Gasteiger partial charge is 0.136 e. The van der Waals surface area contributed by atoms with Gasteiger partial charge >= 0.3 is 0 Å². The van der Waals surface area contributed by atoms with E-state index < -0.39 is 0 Å². The zero-order chi connectivity index (χ0) is 29.7. The summed E-state index contributed by atoms with van der Waals surface area (Å²) in [5.74, 6) is 0. The Kier molecular flexibility index (Phi) is 5.85. The number of hydrogen-bond donors (Lipinski definition) is 0. The molecule has 210 valence electrons. The first kappa shape index (κ1) is 25.5. The van der Waals surface area contributed by atoms with Gasteiger partial charge in [0.1, 0.15) is 11.2 Å². The third-order valence-corrected chi connectivity index (χ3v) is 8.85. The van der Waals surface area contributed by atoms with Crippen LogP contribution in [0, 0.1) is 0 Å². The molecular formula is C43H27NO. The van der Waals surface area contributed by atoms with Crippen molar-refractivity contribution in [2.45, 2.75) is 0 Å². The van der Waals surface area contributed by atoms with Gasteiger partial charge in [-0.25, -0.2) is 4.98 Å². The normalized spacial score (nSPS) is 11.6. The fourth-order valence-corrected chi connectivity index (χ4v) is 6.63. The van der Waals surface area contributed by atoms with Gasteiger partial charge in [-0.3, -0.25) is 0 Å². The Morgan fingerprint density at radius 1 is 0.356 bits per heavy atom. The van der Waals surface area contributed by atoms with Crippen LogP contribution in [0.25, 0.3) is 88.3 Å². The molecule has 0 atom stereocenters. The second-order valence-electron chi connectivity index (χ2n) is 11.6. The summed E-state index contributed by atoms with van der Waals surface area (Å²) < 4.78 is 6.45. The van der Waals surface area contributed by atoms with Crippen molar-refractivity contribution >= 4 is 43.5 Å². The van der Waals surface area contributed by atoms with E-state index in [1.165, 1.54) is 32.7 Å². The molecule has 2 nitrogen and oxygen atoms in total. The van der Waals surface area contributed by atoms with Crippen molar-refractivity contribution in [2.24, 2.45) is 0 Å². The lowest BCUT2D eigenvalue weighted by atomic mass is 9.94. The van der Waals surface area contributed by atoms with Crippen molar-refractivity contribution in [3.8, 4) is 44.8 Å². The second-order valence-corrected chi connectivity index (χ2v) is 11.6. The van der Waals surface area contributed by atoms with Crippen molar-refractivity contribution in [3.05, 3.63) is 164 Å². The molecule has 2 heteroatoms. The molecule has 0 N–H and O–H groups in total. The van der Waals surface area contributed by atoms with Gasteiger partial charge in [0.25, 0.3) is 0 Å². The topological polar surface area (TPSA) is 26.0 Å². The highest BCUT2D eigenvalue weighted by Crippen LogP contribution is 2.40. The first-order valence-corrected chi connectivity index (χ1v) is 15.3. The zero-order valence-corrected chi connectivity index (χ0v) is 24.4. The Hall–Kier alpha value is -5.99. The average Bonchev–Trinajstić information content (AvgIpc) is 3.50. The molecule has 2 heterocycles. The number of pyridine rings is 1. The molecule has 0 amide bonds. The fraction of sp³-hybridized carbons (Fsp3) is 0.